The summed E-state index contributed by atoms with van der Waals surface area (Å²) in [5.41, 5.74) is 1.75. The number of aryl methyl sites for hydroxylation is 1. The van der Waals surface area contributed by atoms with Gasteiger partial charge in [-0.15, -0.1) is 22.7 Å². The highest BCUT2D eigenvalue weighted by molar-refractivity contribution is 7.91. The van der Waals surface area contributed by atoms with E-state index in [1.807, 2.05) is 19.1 Å². The van der Waals surface area contributed by atoms with Gasteiger partial charge in [-0.05, 0) is 44.0 Å². The molecule has 0 radical (unpaired) electrons. The largest absolute Gasteiger partial charge is 0.302 e. The summed E-state index contributed by atoms with van der Waals surface area (Å²) in [5.74, 6) is -0.642. The van der Waals surface area contributed by atoms with Crippen LogP contribution in [0, 0.1) is 12.8 Å². The lowest BCUT2D eigenvalue weighted by Crippen LogP contribution is -2.43. The first-order valence-corrected chi connectivity index (χ1v) is 13.8. The summed E-state index contributed by atoms with van der Waals surface area (Å²) in [6, 6.07) is 6.92. The van der Waals surface area contributed by atoms with E-state index in [4.69, 9.17) is 11.6 Å². The van der Waals surface area contributed by atoms with Crippen molar-refractivity contribution in [2.45, 2.75) is 24.0 Å². The number of aromatic nitrogens is 2. The number of thiazole rings is 2. The van der Waals surface area contributed by atoms with E-state index in [9.17, 15) is 13.2 Å². The number of thiophene rings is 1. The number of halogens is 1. The van der Waals surface area contributed by atoms with Crippen molar-refractivity contribution >= 4 is 87.1 Å². The summed E-state index contributed by atoms with van der Waals surface area (Å²) in [6.07, 6.45) is 1.25. The van der Waals surface area contributed by atoms with Gasteiger partial charge in [-0.3, -0.25) is 4.79 Å². The number of rotatable bonds is 4. The molecule has 4 heterocycles. The molecule has 1 atom stereocenters. The van der Waals surface area contributed by atoms with Gasteiger partial charge in [0, 0.05) is 13.1 Å². The van der Waals surface area contributed by atoms with E-state index in [1.165, 1.54) is 21.7 Å². The number of anilines is 1. The van der Waals surface area contributed by atoms with E-state index < -0.39 is 15.9 Å². The first-order chi connectivity index (χ1) is 14.8. The summed E-state index contributed by atoms with van der Waals surface area (Å²) in [6.45, 7) is 2.51. The van der Waals surface area contributed by atoms with Crippen molar-refractivity contribution < 1.29 is 13.2 Å². The maximum Gasteiger partial charge on any atom is 0.252 e. The Morgan fingerprint density at radius 3 is 2.61 bits per heavy atom. The average Bonchev–Trinajstić information content (AvgIpc) is 3.45. The Hall–Kier alpha value is -1.63. The SMILES string of the molecule is Cc1nc2ccc3nc(NC(=O)[C@H]4CCCN(S(=O)(=O)c5ccc(Cl)s5)C4)sc3c2s1. The minimum Gasteiger partial charge on any atom is -0.302 e. The molecular formula is C19H17ClN4O3S4. The molecule has 12 heteroatoms. The van der Waals surface area contributed by atoms with Crippen LogP contribution in [0.3, 0.4) is 0 Å². The molecule has 1 saturated heterocycles. The fourth-order valence-electron chi connectivity index (χ4n) is 3.68. The van der Waals surface area contributed by atoms with Crippen LogP contribution in [0.25, 0.3) is 20.4 Å². The Labute approximate surface area is 195 Å². The molecule has 31 heavy (non-hydrogen) atoms. The van der Waals surface area contributed by atoms with Crippen molar-refractivity contribution in [3.63, 3.8) is 0 Å². The highest BCUT2D eigenvalue weighted by Crippen LogP contribution is 2.36. The second-order valence-corrected chi connectivity index (χ2v) is 13.3. The second-order valence-electron chi connectivity index (χ2n) is 7.26. The van der Waals surface area contributed by atoms with E-state index in [0.29, 0.717) is 28.9 Å². The first-order valence-electron chi connectivity index (χ1n) is 9.54. The number of fused-ring (bicyclic) bond motifs is 3. The van der Waals surface area contributed by atoms with Gasteiger partial charge in [0.25, 0.3) is 10.0 Å². The average molecular weight is 513 g/mol. The van der Waals surface area contributed by atoms with Crippen LogP contribution in [-0.2, 0) is 14.8 Å². The molecule has 7 nitrogen and oxygen atoms in total. The van der Waals surface area contributed by atoms with Crippen LogP contribution in [0.5, 0.6) is 0 Å². The fourth-order valence-corrected chi connectivity index (χ4v) is 8.85. The number of hydrogen-bond donors (Lipinski definition) is 1. The first kappa shape index (κ1) is 21.2. The van der Waals surface area contributed by atoms with Gasteiger partial charge >= 0.3 is 0 Å². The second kappa shape index (κ2) is 8.05. The molecule has 1 N–H and O–H groups in total. The molecule has 1 amide bonds. The highest BCUT2D eigenvalue weighted by atomic mass is 35.5. The van der Waals surface area contributed by atoms with Crippen molar-refractivity contribution in [3.05, 3.63) is 33.6 Å². The number of carbonyl (C=O) groups excluding carboxylic acids is 1. The summed E-state index contributed by atoms with van der Waals surface area (Å²) in [4.78, 5) is 22.0. The Balaban J connectivity index is 1.35. The van der Waals surface area contributed by atoms with E-state index in [-0.39, 0.29) is 16.7 Å². The molecule has 3 aromatic heterocycles. The van der Waals surface area contributed by atoms with Gasteiger partial charge in [0.1, 0.15) is 4.21 Å². The van der Waals surface area contributed by atoms with E-state index in [1.54, 1.807) is 17.4 Å². The predicted molar refractivity (Wildman–Crippen MR) is 127 cm³/mol. The third-order valence-corrected chi connectivity index (χ3v) is 10.8. The zero-order valence-electron chi connectivity index (χ0n) is 16.3. The smallest absolute Gasteiger partial charge is 0.252 e. The molecule has 0 saturated carbocycles. The molecular weight excluding hydrogens is 496 g/mol. The molecule has 162 valence electrons. The van der Waals surface area contributed by atoms with Gasteiger partial charge in [-0.1, -0.05) is 22.9 Å². The van der Waals surface area contributed by atoms with E-state index in [0.717, 1.165) is 36.8 Å². The number of amides is 1. The van der Waals surface area contributed by atoms with Gasteiger partial charge in [0.2, 0.25) is 5.91 Å². The zero-order valence-corrected chi connectivity index (χ0v) is 20.3. The standard InChI is InChI=1S/C19H17ClN4O3S4/c1-10-21-12-4-5-13-17(16(12)28-10)30-19(22-13)23-18(25)11-3-2-8-24(9-11)31(26,27)15-7-6-14(20)29-15/h4-7,11H,2-3,8-9H2,1H3,(H,22,23,25)/t11-/m0/s1. The summed E-state index contributed by atoms with van der Waals surface area (Å²) >= 11 is 9.97. The number of piperidine rings is 1. The number of nitrogens with one attached hydrogen (secondary N) is 1. The zero-order chi connectivity index (χ0) is 21.8. The molecule has 1 aromatic carbocycles. The Kier molecular flexibility index (Phi) is 5.51. The maximum atomic E-state index is 12.9. The molecule has 1 aliphatic rings. The summed E-state index contributed by atoms with van der Waals surface area (Å²) < 4.78 is 29.9. The number of benzene rings is 1. The van der Waals surface area contributed by atoms with Crippen LogP contribution < -0.4 is 5.32 Å². The van der Waals surface area contributed by atoms with Crippen LogP contribution in [0.2, 0.25) is 4.34 Å². The highest BCUT2D eigenvalue weighted by Gasteiger charge is 2.34. The predicted octanol–water partition coefficient (Wildman–Crippen LogP) is 4.97. The van der Waals surface area contributed by atoms with Crippen LogP contribution in [0.4, 0.5) is 5.13 Å². The van der Waals surface area contributed by atoms with Crippen LogP contribution >= 0.6 is 45.6 Å². The molecule has 0 spiro atoms. The third kappa shape index (κ3) is 3.98. The van der Waals surface area contributed by atoms with Gasteiger partial charge in [-0.25, -0.2) is 18.4 Å². The number of nitrogens with zero attached hydrogens (tertiary/aromatic N) is 3. The van der Waals surface area contributed by atoms with Gasteiger partial charge < -0.3 is 5.32 Å². The molecule has 1 aliphatic heterocycles. The lowest BCUT2D eigenvalue weighted by Gasteiger charge is -2.30. The maximum absolute atomic E-state index is 12.9. The molecule has 0 unspecified atom stereocenters. The fraction of sp³-hybridized carbons (Fsp3) is 0.316. The van der Waals surface area contributed by atoms with E-state index >= 15 is 0 Å². The van der Waals surface area contributed by atoms with Crippen LogP contribution in [-0.4, -0.2) is 41.7 Å². The quantitative estimate of drug-likeness (QED) is 0.417. The van der Waals surface area contributed by atoms with Gasteiger partial charge in [0.05, 0.1) is 35.7 Å². The Morgan fingerprint density at radius 2 is 1.87 bits per heavy atom. The van der Waals surface area contributed by atoms with E-state index in [2.05, 4.69) is 15.3 Å². The molecule has 0 bridgehead atoms. The van der Waals surface area contributed by atoms with Crippen molar-refractivity contribution in [2.75, 3.05) is 18.4 Å². The summed E-state index contributed by atoms with van der Waals surface area (Å²) in [7, 11) is -3.65. The molecule has 4 aromatic rings. The Bertz CT molecular complexity index is 1410. The van der Waals surface area contributed by atoms with Gasteiger partial charge in [0.15, 0.2) is 5.13 Å². The lowest BCUT2D eigenvalue weighted by atomic mass is 9.99. The minimum atomic E-state index is -3.65. The van der Waals surface area contributed by atoms with Crippen molar-refractivity contribution in [2.24, 2.45) is 5.92 Å². The molecule has 0 aliphatic carbocycles. The van der Waals surface area contributed by atoms with Crippen molar-refractivity contribution in [1.29, 1.82) is 0 Å². The van der Waals surface area contributed by atoms with Crippen LogP contribution in [0.1, 0.15) is 17.8 Å². The summed E-state index contributed by atoms with van der Waals surface area (Å²) in [5, 5.41) is 4.40. The minimum absolute atomic E-state index is 0.146. The van der Waals surface area contributed by atoms with Crippen molar-refractivity contribution in [1.82, 2.24) is 14.3 Å². The van der Waals surface area contributed by atoms with Gasteiger partial charge in [-0.2, -0.15) is 4.31 Å². The Morgan fingerprint density at radius 1 is 1.13 bits per heavy atom. The monoisotopic (exact) mass is 512 g/mol. The third-order valence-electron chi connectivity index (χ3n) is 5.15. The lowest BCUT2D eigenvalue weighted by molar-refractivity contribution is -0.120. The number of carbonyl (C=O) groups is 1. The van der Waals surface area contributed by atoms with Crippen molar-refractivity contribution in [3.8, 4) is 0 Å². The number of hydrogen-bond acceptors (Lipinski definition) is 8. The molecule has 1 fully saturated rings. The normalized spacial score (nSPS) is 18.1. The van der Waals surface area contributed by atoms with Crippen LogP contribution in [0.15, 0.2) is 28.5 Å². The number of sulfonamides is 1. The molecule has 5 rings (SSSR count). The topological polar surface area (TPSA) is 92.3 Å².